The molecule has 13 heteroatoms. The third-order valence-electron chi connectivity index (χ3n) is 5.62. The zero-order valence-corrected chi connectivity index (χ0v) is 21.9. The lowest BCUT2D eigenvalue weighted by molar-refractivity contribution is -0.141. The number of amides is 3. The Kier molecular flexibility index (Phi) is 8.78. The highest BCUT2D eigenvalue weighted by molar-refractivity contribution is 6.00. The van der Waals surface area contributed by atoms with E-state index in [0.29, 0.717) is 28.3 Å². The molecule has 0 fully saturated rings. The molecular formula is C28H25F3N6O4. The van der Waals surface area contributed by atoms with Gasteiger partial charge in [0.15, 0.2) is 0 Å². The van der Waals surface area contributed by atoms with Gasteiger partial charge >= 0.3 is 12.2 Å². The van der Waals surface area contributed by atoms with Gasteiger partial charge in [-0.05, 0) is 66.1 Å². The van der Waals surface area contributed by atoms with Gasteiger partial charge in [-0.15, -0.1) is 0 Å². The number of aromatic nitrogens is 3. The molecule has 3 heterocycles. The van der Waals surface area contributed by atoms with Crippen molar-refractivity contribution in [2.75, 3.05) is 29.2 Å². The van der Waals surface area contributed by atoms with Crippen LogP contribution in [-0.4, -0.2) is 45.2 Å². The minimum absolute atomic E-state index is 0.0168. The van der Waals surface area contributed by atoms with Crippen LogP contribution in [0.3, 0.4) is 0 Å². The van der Waals surface area contributed by atoms with Gasteiger partial charge in [0.1, 0.15) is 18.1 Å². The summed E-state index contributed by atoms with van der Waals surface area (Å²) in [7, 11) is 0. The van der Waals surface area contributed by atoms with Crippen LogP contribution in [0.2, 0.25) is 0 Å². The minimum Gasteiger partial charge on any atom is -0.475 e. The van der Waals surface area contributed by atoms with Crippen molar-refractivity contribution >= 4 is 29.1 Å². The second-order valence-corrected chi connectivity index (χ2v) is 8.80. The number of halogens is 3. The number of aryl methyl sites for hydroxylation is 1. The van der Waals surface area contributed by atoms with E-state index in [1.807, 2.05) is 6.92 Å². The molecule has 0 aliphatic heterocycles. The Bertz CT molecular complexity index is 1560. The van der Waals surface area contributed by atoms with E-state index in [-0.39, 0.29) is 30.7 Å². The number of carbonyl (C=O) groups excluding carboxylic acids is 2. The molecule has 0 spiro atoms. The van der Waals surface area contributed by atoms with E-state index in [0.717, 1.165) is 29.5 Å². The normalized spacial score (nSPS) is 11.1. The first-order valence-electron chi connectivity index (χ1n) is 12.2. The van der Waals surface area contributed by atoms with Gasteiger partial charge in [-0.2, -0.15) is 13.2 Å². The van der Waals surface area contributed by atoms with Gasteiger partial charge in [-0.1, -0.05) is 6.07 Å². The Balaban J connectivity index is 1.62. The number of carbonyl (C=O) groups is 2. The molecule has 0 aliphatic rings. The number of nitrogens with zero attached hydrogens (tertiary/aromatic N) is 3. The summed E-state index contributed by atoms with van der Waals surface area (Å²) >= 11 is 0. The molecule has 3 aromatic heterocycles. The van der Waals surface area contributed by atoms with Gasteiger partial charge in [0.25, 0.3) is 0 Å². The summed E-state index contributed by atoms with van der Waals surface area (Å²) in [6.45, 7) is 3.05. The monoisotopic (exact) mass is 566 g/mol. The lowest BCUT2D eigenvalue weighted by atomic mass is 9.98. The van der Waals surface area contributed by atoms with Crippen molar-refractivity contribution in [2.45, 2.75) is 20.0 Å². The molecule has 0 aliphatic carbocycles. The fourth-order valence-electron chi connectivity index (χ4n) is 3.81. The number of pyridine rings is 3. The predicted octanol–water partition coefficient (Wildman–Crippen LogP) is 5.51. The largest absolute Gasteiger partial charge is 0.475 e. The molecule has 0 saturated carbocycles. The fraction of sp³-hybridized carbons (Fsp3) is 0.179. The lowest BCUT2D eigenvalue weighted by Crippen LogP contribution is -2.20. The quantitative estimate of drug-likeness (QED) is 0.221. The van der Waals surface area contributed by atoms with E-state index in [4.69, 9.17) is 4.74 Å². The topological polar surface area (TPSA) is 138 Å². The minimum atomic E-state index is -4.58. The van der Waals surface area contributed by atoms with Gasteiger partial charge in [-0.3, -0.25) is 4.79 Å². The molecule has 1 aromatic carbocycles. The number of aliphatic hydroxyl groups is 1. The SMILES string of the molecule is CC(=O)Nc1cc(-c2cc(-c3cc(NC(=O)Nc4ccc(C(F)(F)F)nc4)ccc3C)cc(OCCO)n2)ccn1. The summed E-state index contributed by atoms with van der Waals surface area (Å²) < 4.78 is 43.8. The number of aliphatic hydroxyl groups excluding tert-OH is 1. The highest BCUT2D eigenvalue weighted by Crippen LogP contribution is 2.33. The molecule has 10 nitrogen and oxygen atoms in total. The van der Waals surface area contributed by atoms with Crippen LogP contribution in [0.4, 0.5) is 35.2 Å². The van der Waals surface area contributed by atoms with Crippen molar-refractivity contribution in [3.63, 3.8) is 0 Å². The third-order valence-corrected chi connectivity index (χ3v) is 5.62. The van der Waals surface area contributed by atoms with Crippen LogP contribution in [0.5, 0.6) is 5.88 Å². The predicted molar refractivity (Wildman–Crippen MR) is 146 cm³/mol. The van der Waals surface area contributed by atoms with Crippen molar-refractivity contribution in [1.82, 2.24) is 15.0 Å². The Morgan fingerprint density at radius 1 is 0.927 bits per heavy atom. The first-order valence-corrected chi connectivity index (χ1v) is 12.2. The van der Waals surface area contributed by atoms with Crippen LogP contribution in [-0.2, 0) is 11.0 Å². The van der Waals surface area contributed by atoms with Gasteiger partial charge < -0.3 is 25.8 Å². The first-order chi connectivity index (χ1) is 19.5. The Hall–Kier alpha value is -5.04. The van der Waals surface area contributed by atoms with Gasteiger partial charge in [-0.25, -0.2) is 19.7 Å². The van der Waals surface area contributed by atoms with E-state index in [1.54, 1.807) is 42.5 Å². The summed E-state index contributed by atoms with van der Waals surface area (Å²) in [5.41, 5.74) is 2.87. The first kappa shape index (κ1) is 29.0. The summed E-state index contributed by atoms with van der Waals surface area (Å²) in [5.74, 6) is 0.313. The molecule has 3 amide bonds. The molecule has 0 atom stereocenters. The van der Waals surface area contributed by atoms with Crippen LogP contribution < -0.4 is 20.7 Å². The summed E-state index contributed by atoms with van der Waals surface area (Å²) in [6.07, 6.45) is -2.13. The zero-order valence-electron chi connectivity index (χ0n) is 21.9. The van der Waals surface area contributed by atoms with Crippen molar-refractivity contribution < 1.29 is 32.6 Å². The maximum Gasteiger partial charge on any atom is 0.433 e. The maximum atomic E-state index is 12.7. The number of nitrogens with one attached hydrogen (secondary N) is 3. The number of rotatable bonds is 8. The molecule has 0 saturated heterocycles. The van der Waals surface area contributed by atoms with E-state index in [1.165, 1.54) is 13.1 Å². The molecule has 0 bridgehead atoms. The molecule has 0 unspecified atom stereocenters. The van der Waals surface area contributed by atoms with Crippen LogP contribution in [0.25, 0.3) is 22.4 Å². The highest BCUT2D eigenvalue weighted by Gasteiger charge is 2.32. The molecule has 41 heavy (non-hydrogen) atoms. The smallest absolute Gasteiger partial charge is 0.433 e. The second kappa shape index (κ2) is 12.4. The number of benzene rings is 1. The molecule has 212 valence electrons. The molecular weight excluding hydrogens is 541 g/mol. The van der Waals surface area contributed by atoms with Crippen molar-refractivity contribution in [3.8, 4) is 28.3 Å². The number of alkyl halides is 3. The number of hydrogen-bond donors (Lipinski definition) is 4. The number of hydrogen-bond acceptors (Lipinski definition) is 7. The Morgan fingerprint density at radius 3 is 2.37 bits per heavy atom. The van der Waals surface area contributed by atoms with E-state index >= 15 is 0 Å². The highest BCUT2D eigenvalue weighted by atomic mass is 19.4. The van der Waals surface area contributed by atoms with Crippen molar-refractivity contribution in [2.24, 2.45) is 0 Å². The standard InChI is InChI=1S/C28H25F3N6O4/c1-16-3-4-20(35-27(40)36-21-5-6-24(33-15-21)28(29,30)31)14-22(16)19-11-23(37-26(13-19)41-10-9-38)18-7-8-32-25(12-18)34-17(2)39/h3-8,11-15,38H,9-10H2,1-2H3,(H,32,34,39)(H2,35,36,40). The summed E-state index contributed by atoms with van der Waals surface area (Å²) in [4.78, 5) is 36.0. The van der Waals surface area contributed by atoms with Gasteiger partial charge in [0.05, 0.1) is 24.2 Å². The maximum absolute atomic E-state index is 12.7. The average molecular weight is 567 g/mol. The summed E-state index contributed by atoms with van der Waals surface area (Å²) in [5, 5.41) is 17.0. The van der Waals surface area contributed by atoms with Crippen LogP contribution in [0, 0.1) is 6.92 Å². The fourth-order valence-corrected chi connectivity index (χ4v) is 3.81. The van der Waals surface area contributed by atoms with Gasteiger partial charge in [0.2, 0.25) is 11.8 Å². The number of ether oxygens (including phenoxy) is 1. The van der Waals surface area contributed by atoms with Crippen molar-refractivity contribution in [1.29, 1.82) is 0 Å². The second-order valence-electron chi connectivity index (χ2n) is 8.80. The zero-order chi connectivity index (χ0) is 29.6. The van der Waals surface area contributed by atoms with Crippen molar-refractivity contribution in [3.05, 3.63) is 78.2 Å². The molecule has 0 radical (unpaired) electrons. The molecule has 4 aromatic rings. The van der Waals surface area contributed by atoms with Gasteiger partial charge in [0, 0.05) is 30.4 Å². The lowest BCUT2D eigenvalue weighted by Gasteiger charge is -2.14. The van der Waals surface area contributed by atoms with Crippen LogP contribution >= 0.6 is 0 Å². The Labute approximate surface area is 232 Å². The van der Waals surface area contributed by atoms with E-state index in [2.05, 4.69) is 30.9 Å². The van der Waals surface area contributed by atoms with Crippen LogP contribution in [0.15, 0.2) is 67.0 Å². The Morgan fingerprint density at radius 2 is 1.68 bits per heavy atom. The van der Waals surface area contributed by atoms with Crippen LogP contribution in [0.1, 0.15) is 18.2 Å². The number of urea groups is 1. The molecule has 4 N–H and O–H groups in total. The van der Waals surface area contributed by atoms with E-state index < -0.39 is 17.9 Å². The van der Waals surface area contributed by atoms with E-state index in [9.17, 15) is 27.9 Å². The third kappa shape index (κ3) is 7.76. The molecule has 4 rings (SSSR count). The number of anilines is 3. The average Bonchev–Trinajstić information content (AvgIpc) is 2.92. The summed E-state index contributed by atoms with van der Waals surface area (Å²) in [6, 6.07) is 13.3.